The van der Waals surface area contributed by atoms with E-state index in [2.05, 4.69) is 41.7 Å². The number of rotatable bonds is 5. The van der Waals surface area contributed by atoms with Crippen LogP contribution in [0.5, 0.6) is 0 Å². The zero-order valence-electron chi connectivity index (χ0n) is 25.3. The minimum atomic E-state index is -1.14. The van der Waals surface area contributed by atoms with Gasteiger partial charge >= 0.3 is 0 Å². The van der Waals surface area contributed by atoms with Crippen LogP contribution in [-0.4, -0.2) is 83.1 Å². The number of amides is 2. The van der Waals surface area contributed by atoms with Gasteiger partial charge in [-0.05, 0) is 60.4 Å². The smallest absolute Gasteiger partial charge is 0.254 e. The Hall–Kier alpha value is -2.74. The number of carbonyl (C=O) groups is 2. The second kappa shape index (κ2) is 12.9. The molecule has 2 aliphatic heterocycles. The maximum Gasteiger partial charge on any atom is 0.254 e. The number of aliphatic hydroxyl groups is 1. The second-order valence-corrected chi connectivity index (χ2v) is 13.3. The van der Waals surface area contributed by atoms with Gasteiger partial charge in [0, 0.05) is 57.3 Å². The molecular weight excluding hydrogens is 524 g/mol. The van der Waals surface area contributed by atoms with Crippen LogP contribution in [-0.2, 0) is 4.79 Å². The highest BCUT2D eigenvalue weighted by Gasteiger charge is 2.50. The van der Waals surface area contributed by atoms with Crippen LogP contribution in [0.4, 0.5) is 0 Å². The van der Waals surface area contributed by atoms with Crippen LogP contribution in [0.25, 0.3) is 11.1 Å². The summed E-state index contributed by atoms with van der Waals surface area (Å²) in [6.45, 7) is 2.99. The van der Waals surface area contributed by atoms with E-state index in [9.17, 15) is 14.7 Å². The summed E-state index contributed by atoms with van der Waals surface area (Å²) in [6, 6.07) is 17.5. The number of likely N-dealkylation sites (N-methyl/N-ethyl adjacent to an activating group) is 1. The lowest BCUT2D eigenvalue weighted by atomic mass is 9.79. The molecule has 2 atom stereocenters. The lowest BCUT2D eigenvalue weighted by Gasteiger charge is -2.35. The Morgan fingerprint density at radius 1 is 0.762 bits per heavy atom. The number of nitrogens with one attached hydrogen (secondary N) is 1. The molecule has 2 heterocycles. The summed E-state index contributed by atoms with van der Waals surface area (Å²) < 4.78 is 0. The van der Waals surface area contributed by atoms with Crippen molar-refractivity contribution in [1.29, 1.82) is 0 Å². The van der Waals surface area contributed by atoms with E-state index in [1.807, 2.05) is 29.2 Å². The van der Waals surface area contributed by atoms with Crippen molar-refractivity contribution in [2.24, 2.45) is 5.92 Å². The summed E-state index contributed by atoms with van der Waals surface area (Å²) in [6.07, 6.45) is 13.5. The normalized spacial score (nSPS) is 25.8. The molecule has 2 aliphatic carbocycles. The highest BCUT2D eigenvalue weighted by molar-refractivity contribution is 5.95. The van der Waals surface area contributed by atoms with Crippen LogP contribution < -0.4 is 5.43 Å². The van der Waals surface area contributed by atoms with E-state index in [1.54, 1.807) is 4.90 Å². The largest absolute Gasteiger partial charge is 0.380 e. The van der Waals surface area contributed by atoms with E-state index < -0.39 is 5.60 Å². The van der Waals surface area contributed by atoms with Gasteiger partial charge < -0.3 is 14.9 Å². The third kappa shape index (κ3) is 6.58. The fraction of sp³-hybridized carbons (Fsp3) is 0.600. The number of hydrazine groups is 1. The lowest BCUT2D eigenvalue weighted by molar-refractivity contribution is -0.143. The summed E-state index contributed by atoms with van der Waals surface area (Å²) in [5.41, 5.74) is 7.05. The zero-order chi connectivity index (χ0) is 29.1. The van der Waals surface area contributed by atoms with Crippen molar-refractivity contribution in [1.82, 2.24) is 20.2 Å². The van der Waals surface area contributed by atoms with Crippen LogP contribution in [0.3, 0.4) is 0 Å². The van der Waals surface area contributed by atoms with Crippen molar-refractivity contribution < 1.29 is 14.7 Å². The molecule has 0 aromatic heterocycles. The van der Waals surface area contributed by atoms with Gasteiger partial charge in [0.1, 0.15) is 5.60 Å². The fourth-order valence-corrected chi connectivity index (χ4v) is 7.40. The number of hydrogen-bond acceptors (Lipinski definition) is 5. The first-order valence-corrected chi connectivity index (χ1v) is 16.4. The van der Waals surface area contributed by atoms with E-state index in [0.29, 0.717) is 56.5 Å². The molecule has 7 nitrogen and oxygen atoms in total. The fourth-order valence-electron chi connectivity index (χ4n) is 7.40. The number of benzene rings is 2. The number of carbonyl (C=O) groups excluding carboxylic acids is 2. The van der Waals surface area contributed by atoms with Gasteiger partial charge in [0.15, 0.2) is 0 Å². The average Bonchev–Trinajstić information content (AvgIpc) is 3.67. The highest BCUT2D eigenvalue weighted by Crippen LogP contribution is 2.38. The Kier molecular flexibility index (Phi) is 8.98. The van der Waals surface area contributed by atoms with Crippen molar-refractivity contribution in [3.63, 3.8) is 0 Å². The van der Waals surface area contributed by atoms with Gasteiger partial charge in [-0.3, -0.25) is 15.0 Å². The molecule has 42 heavy (non-hydrogen) atoms. The van der Waals surface area contributed by atoms with Crippen LogP contribution in [0, 0.1) is 5.92 Å². The van der Waals surface area contributed by atoms with Crippen molar-refractivity contribution in [3.8, 4) is 11.1 Å². The van der Waals surface area contributed by atoms with E-state index in [1.165, 1.54) is 63.4 Å². The summed E-state index contributed by atoms with van der Waals surface area (Å²) in [4.78, 5) is 29.1. The van der Waals surface area contributed by atoms with Gasteiger partial charge in [0.2, 0.25) is 0 Å². The Balaban J connectivity index is 1.07. The van der Waals surface area contributed by atoms with Gasteiger partial charge in [-0.15, -0.1) is 0 Å². The molecule has 2 saturated carbocycles. The minimum Gasteiger partial charge on any atom is -0.380 e. The third-order valence-electron chi connectivity index (χ3n) is 10.2. The zero-order valence-corrected chi connectivity index (χ0v) is 25.3. The minimum absolute atomic E-state index is 0.00133. The van der Waals surface area contributed by atoms with Gasteiger partial charge in [-0.2, -0.15) is 0 Å². The highest BCUT2D eigenvalue weighted by atomic mass is 16.3. The molecule has 6 rings (SSSR count). The second-order valence-electron chi connectivity index (χ2n) is 13.3. The van der Waals surface area contributed by atoms with E-state index in [0.717, 1.165) is 23.6 Å². The monoisotopic (exact) mass is 572 g/mol. The van der Waals surface area contributed by atoms with Crippen LogP contribution in [0.2, 0.25) is 0 Å². The van der Waals surface area contributed by atoms with Gasteiger partial charge in [-0.1, -0.05) is 81.3 Å². The standard InChI is InChI=1S/C35H48N4O3/c1-37-25-31(32(36-37)29-9-7-5-3-2-4-6-8-10-29)28-15-11-26(12-16-28)27-13-17-30(18-14-27)33(40)38-21-23-39(24-22-38)34(41)35(42)19-20-35/h11-18,29,31-32,36,42H,2-10,19-25H2,1H3. The first-order chi connectivity index (χ1) is 20.4. The summed E-state index contributed by atoms with van der Waals surface area (Å²) in [5.74, 6) is 1.05. The SMILES string of the molecule is CN1CC(c2ccc(-c3ccc(C(=O)N4CCN(C(=O)C5(O)CC5)CC4)cc3)cc2)C(C2CCCCCCCCC2)N1. The van der Waals surface area contributed by atoms with Gasteiger partial charge in [0.05, 0.1) is 0 Å². The maximum absolute atomic E-state index is 13.2. The molecule has 2 unspecified atom stereocenters. The molecule has 4 aliphatic rings. The summed E-state index contributed by atoms with van der Waals surface area (Å²) in [5, 5.41) is 12.4. The van der Waals surface area contributed by atoms with E-state index in [-0.39, 0.29) is 11.8 Å². The van der Waals surface area contributed by atoms with Crippen molar-refractivity contribution >= 4 is 11.8 Å². The maximum atomic E-state index is 13.2. The first-order valence-electron chi connectivity index (χ1n) is 16.4. The van der Waals surface area contributed by atoms with Crippen molar-refractivity contribution in [2.45, 2.75) is 88.2 Å². The molecule has 2 amide bonds. The third-order valence-corrected chi connectivity index (χ3v) is 10.2. The van der Waals surface area contributed by atoms with Crippen LogP contribution in [0.1, 0.15) is 92.5 Å². The predicted octanol–water partition coefficient (Wildman–Crippen LogP) is 5.21. The van der Waals surface area contributed by atoms with E-state index >= 15 is 0 Å². The molecule has 226 valence electrons. The molecule has 4 fully saturated rings. The quantitative estimate of drug-likeness (QED) is 0.515. The average molecular weight is 573 g/mol. The molecule has 0 bridgehead atoms. The van der Waals surface area contributed by atoms with Gasteiger partial charge in [0.25, 0.3) is 11.8 Å². The number of nitrogens with zero attached hydrogens (tertiary/aromatic N) is 3. The number of hydrogen-bond donors (Lipinski definition) is 2. The Bertz CT molecular complexity index is 1210. The first kappa shape index (κ1) is 29.3. The molecule has 7 heteroatoms. The molecule has 0 radical (unpaired) electrons. The summed E-state index contributed by atoms with van der Waals surface area (Å²) in [7, 11) is 2.18. The molecular formula is C35H48N4O3. The lowest BCUT2D eigenvalue weighted by Crippen LogP contribution is -2.53. The Morgan fingerprint density at radius 2 is 1.29 bits per heavy atom. The molecule has 2 N–H and O–H groups in total. The predicted molar refractivity (Wildman–Crippen MR) is 166 cm³/mol. The van der Waals surface area contributed by atoms with E-state index in [4.69, 9.17) is 0 Å². The van der Waals surface area contributed by atoms with Crippen LogP contribution >= 0.6 is 0 Å². The molecule has 2 aromatic carbocycles. The van der Waals surface area contributed by atoms with Crippen molar-refractivity contribution in [3.05, 3.63) is 59.7 Å². The topological polar surface area (TPSA) is 76.1 Å². The Morgan fingerprint density at radius 3 is 1.86 bits per heavy atom. The molecule has 2 aromatic rings. The van der Waals surface area contributed by atoms with Crippen molar-refractivity contribution in [2.75, 3.05) is 39.8 Å². The number of piperazine rings is 1. The van der Waals surface area contributed by atoms with Gasteiger partial charge in [-0.25, -0.2) is 5.01 Å². The molecule has 0 spiro atoms. The summed E-state index contributed by atoms with van der Waals surface area (Å²) >= 11 is 0. The molecule has 2 saturated heterocycles. The Labute approximate surface area is 251 Å². The van der Waals surface area contributed by atoms with Crippen LogP contribution in [0.15, 0.2) is 48.5 Å².